The molecule has 1 aromatic carbocycles. The molecule has 1 fully saturated rings. The van der Waals surface area contributed by atoms with Gasteiger partial charge >= 0.3 is 12.0 Å². The number of amides is 2. The maximum absolute atomic E-state index is 12.3. The Morgan fingerprint density at radius 1 is 1.23 bits per heavy atom. The van der Waals surface area contributed by atoms with Crippen molar-refractivity contribution in [1.82, 2.24) is 5.32 Å². The van der Waals surface area contributed by atoms with Gasteiger partial charge in [-0.2, -0.15) is 0 Å². The van der Waals surface area contributed by atoms with Crippen LogP contribution in [0.4, 0.5) is 10.5 Å². The van der Waals surface area contributed by atoms with E-state index in [-0.39, 0.29) is 12.1 Å². The molecule has 1 aromatic heterocycles. The van der Waals surface area contributed by atoms with Gasteiger partial charge in [0.05, 0.1) is 13.7 Å². The van der Waals surface area contributed by atoms with Crippen molar-refractivity contribution in [3.05, 3.63) is 23.1 Å². The van der Waals surface area contributed by atoms with Gasteiger partial charge in [-0.1, -0.05) is 19.3 Å². The molecule has 0 saturated heterocycles. The van der Waals surface area contributed by atoms with E-state index in [2.05, 4.69) is 10.6 Å². The van der Waals surface area contributed by atoms with Crippen molar-refractivity contribution < 1.29 is 19.1 Å². The maximum atomic E-state index is 12.3. The Labute approximate surface area is 156 Å². The van der Waals surface area contributed by atoms with Crippen LogP contribution in [0.3, 0.4) is 0 Å². The molecule has 26 heavy (non-hydrogen) atoms. The number of benzene rings is 1. The number of esters is 1. The van der Waals surface area contributed by atoms with Gasteiger partial charge in [-0.25, -0.2) is 9.59 Å². The van der Waals surface area contributed by atoms with E-state index in [9.17, 15) is 9.59 Å². The molecule has 1 aliphatic rings. The Morgan fingerprint density at radius 2 is 2.00 bits per heavy atom. The maximum Gasteiger partial charge on any atom is 0.351 e. The zero-order valence-corrected chi connectivity index (χ0v) is 15.9. The van der Waals surface area contributed by atoms with Crippen LogP contribution >= 0.6 is 11.3 Å². The normalized spacial score (nSPS) is 14.8. The minimum absolute atomic E-state index is 0.197. The number of methoxy groups -OCH3 is 1. The average molecular weight is 376 g/mol. The third-order valence-electron chi connectivity index (χ3n) is 4.50. The molecule has 3 rings (SSSR count). The average Bonchev–Trinajstić information content (AvgIpc) is 3.00. The number of rotatable bonds is 5. The van der Waals surface area contributed by atoms with Crippen molar-refractivity contribution in [1.29, 1.82) is 0 Å². The van der Waals surface area contributed by atoms with Crippen LogP contribution < -0.4 is 15.4 Å². The van der Waals surface area contributed by atoms with Gasteiger partial charge in [0, 0.05) is 21.8 Å². The lowest BCUT2D eigenvalue weighted by Crippen LogP contribution is -2.38. The van der Waals surface area contributed by atoms with E-state index in [4.69, 9.17) is 9.47 Å². The summed E-state index contributed by atoms with van der Waals surface area (Å²) in [4.78, 5) is 24.7. The molecule has 1 heterocycles. The van der Waals surface area contributed by atoms with Crippen LogP contribution in [0.2, 0.25) is 0 Å². The molecule has 1 aliphatic carbocycles. The van der Waals surface area contributed by atoms with Gasteiger partial charge in [0.25, 0.3) is 0 Å². The van der Waals surface area contributed by atoms with Crippen LogP contribution in [0.15, 0.2) is 18.2 Å². The van der Waals surface area contributed by atoms with Gasteiger partial charge in [-0.15, -0.1) is 11.3 Å². The molecule has 2 N–H and O–H groups in total. The van der Waals surface area contributed by atoms with E-state index in [1.165, 1.54) is 37.7 Å². The lowest BCUT2D eigenvalue weighted by Gasteiger charge is -2.22. The summed E-state index contributed by atoms with van der Waals surface area (Å²) in [5.74, 6) is 0.0925. The van der Waals surface area contributed by atoms with Crippen molar-refractivity contribution in [2.24, 2.45) is 0 Å². The summed E-state index contributed by atoms with van der Waals surface area (Å²) in [6.07, 6.45) is 5.65. The number of ether oxygens (including phenoxy) is 2. The van der Waals surface area contributed by atoms with E-state index in [1.54, 1.807) is 0 Å². The zero-order valence-electron chi connectivity index (χ0n) is 15.1. The number of carbonyl (C=O) groups is 2. The first-order valence-corrected chi connectivity index (χ1v) is 9.79. The molecule has 0 unspecified atom stereocenters. The van der Waals surface area contributed by atoms with E-state index in [1.807, 2.05) is 25.1 Å². The molecule has 140 valence electrons. The molecule has 0 spiro atoms. The number of nitrogens with one attached hydrogen (secondary N) is 2. The lowest BCUT2D eigenvalue weighted by atomic mass is 9.96. The van der Waals surface area contributed by atoms with Crippen LogP contribution in [0.5, 0.6) is 5.75 Å². The summed E-state index contributed by atoms with van der Waals surface area (Å²) in [5.41, 5.74) is 0.668. The number of hydrogen-bond donors (Lipinski definition) is 2. The number of anilines is 1. The summed E-state index contributed by atoms with van der Waals surface area (Å²) < 4.78 is 11.4. The molecule has 6 nitrogen and oxygen atoms in total. The van der Waals surface area contributed by atoms with Crippen LogP contribution in [0, 0.1) is 0 Å². The van der Waals surface area contributed by atoms with E-state index < -0.39 is 5.97 Å². The van der Waals surface area contributed by atoms with Crippen LogP contribution in [-0.4, -0.2) is 31.8 Å². The Bertz CT molecular complexity index is 796. The topological polar surface area (TPSA) is 76.7 Å². The first-order valence-electron chi connectivity index (χ1n) is 8.97. The molecule has 2 aromatic rings. The molecular formula is C19H24N2O4S. The van der Waals surface area contributed by atoms with Crippen molar-refractivity contribution in [3.8, 4) is 5.75 Å². The molecular weight excluding hydrogens is 352 g/mol. The molecule has 0 bridgehead atoms. The predicted molar refractivity (Wildman–Crippen MR) is 103 cm³/mol. The second kappa shape index (κ2) is 8.40. The molecule has 0 aliphatic heterocycles. The summed E-state index contributed by atoms with van der Waals surface area (Å²) in [5, 5.41) is 6.72. The first kappa shape index (κ1) is 18.5. The third kappa shape index (κ3) is 4.09. The summed E-state index contributed by atoms with van der Waals surface area (Å²) >= 11 is 1.32. The van der Waals surface area contributed by atoms with Gasteiger partial charge in [0.2, 0.25) is 0 Å². The highest BCUT2D eigenvalue weighted by Crippen LogP contribution is 2.39. The monoisotopic (exact) mass is 376 g/mol. The highest BCUT2D eigenvalue weighted by Gasteiger charge is 2.21. The van der Waals surface area contributed by atoms with Crippen molar-refractivity contribution >= 4 is 39.1 Å². The summed E-state index contributed by atoms with van der Waals surface area (Å²) in [6.45, 7) is 2.31. The standard InChI is InChI=1S/C19H24N2O4S/c1-3-25-16-14-11-13(9-10-15(14)26-17(16)18(22)24-2)21-19(23)20-12-7-5-4-6-8-12/h9-12H,3-8H2,1-2H3,(H2,20,21,23). The van der Waals surface area contributed by atoms with Gasteiger partial charge in [0.1, 0.15) is 0 Å². The highest BCUT2D eigenvalue weighted by molar-refractivity contribution is 7.21. The van der Waals surface area contributed by atoms with E-state index >= 15 is 0 Å². The second-order valence-corrected chi connectivity index (χ2v) is 7.38. The quantitative estimate of drug-likeness (QED) is 0.751. The lowest BCUT2D eigenvalue weighted by molar-refractivity contribution is 0.0602. The summed E-state index contributed by atoms with van der Waals surface area (Å²) in [7, 11) is 1.35. The van der Waals surface area contributed by atoms with E-state index in [0.29, 0.717) is 22.9 Å². The fourth-order valence-electron chi connectivity index (χ4n) is 3.27. The molecule has 2 amide bonds. The van der Waals surface area contributed by atoms with Crippen molar-refractivity contribution in [2.45, 2.75) is 45.1 Å². The predicted octanol–water partition coefficient (Wildman–Crippen LogP) is 4.54. The number of fused-ring (bicyclic) bond motifs is 1. The van der Waals surface area contributed by atoms with Crippen molar-refractivity contribution in [3.63, 3.8) is 0 Å². The molecule has 7 heteroatoms. The van der Waals surface area contributed by atoms with Gasteiger partial charge < -0.3 is 20.1 Å². The first-order chi connectivity index (χ1) is 12.6. The number of thiophene rings is 1. The Morgan fingerprint density at radius 3 is 2.69 bits per heavy atom. The minimum atomic E-state index is -0.417. The Hall–Kier alpha value is -2.28. The van der Waals surface area contributed by atoms with Gasteiger partial charge in [-0.3, -0.25) is 0 Å². The Kier molecular flexibility index (Phi) is 5.98. The van der Waals surface area contributed by atoms with Gasteiger partial charge in [-0.05, 0) is 38.0 Å². The zero-order chi connectivity index (χ0) is 18.5. The van der Waals surface area contributed by atoms with E-state index in [0.717, 1.165) is 22.9 Å². The number of carbonyl (C=O) groups excluding carboxylic acids is 2. The van der Waals surface area contributed by atoms with Crippen molar-refractivity contribution in [2.75, 3.05) is 19.0 Å². The third-order valence-corrected chi connectivity index (χ3v) is 5.63. The largest absolute Gasteiger partial charge is 0.491 e. The van der Waals surface area contributed by atoms with Gasteiger partial charge in [0.15, 0.2) is 10.6 Å². The Balaban J connectivity index is 1.80. The van der Waals surface area contributed by atoms with Crippen LogP contribution in [-0.2, 0) is 4.74 Å². The highest BCUT2D eigenvalue weighted by atomic mass is 32.1. The number of hydrogen-bond acceptors (Lipinski definition) is 5. The molecule has 0 atom stereocenters. The van der Waals surface area contributed by atoms with Crippen LogP contribution in [0.25, 0.3) is 10.1 Å². The SMILES string of the molecule is CCOc1c(C(=O)OC)sc2ccc(NC(=O)NC3CCCCC3)cc12. The number of urea groups is 1. The molecule has 1 saturated carbocycles. The fraction of sp³-hybridized carbons (Fsp3) is 0.474. The van der Waals surface area contributed by atoms with Crippen LogP contribution in [0.1, 0.15) is 48.7 Å². The second-order valence-electron chi connectivity index (χ2n) is 6.33. The smallest absolute Gasteiger partial charge is 0.351 e. The molecule has 0 radical (unpaired) electrons. The minimum Gasteiger partial charge on any atom is -0.491 e. The summed E-state index contributed by atoms with van der Waals surface area (Å²) in [6, 6.07) is 5.60. The fourth-order valence-corrected chi connectivity index (χ4v) is 4.31.